The van der Waals surface area contributed by atoms with Gasteiger partial charge in [0.05, 0.1) is 5.41 Å². The Hall–Kier alpha value is -0.570. The molecule has 2 N–H and O–H groups in total. The van der Waals surface area contributed by atoms with E-state index >= 15 is 0 Å². The average Bonchev–Trinajstić information content (AvgIpc) is 2.39. The lowest BCUT2D eigenvalue weighted by Crippen LogP contribution is -2.52. The minimum absolute atomic E-state index is 0.165. The summed E-state index contributed by atoms with van der Waals surface area (Å²) in [5.41, 5.74) is -0.165. The first-order valence-corrected chi connectivity index (χ1v) is 7.55. The highest BCUT2D eigenvalue weighted by Gasteiger charge is 2.38. The van der Waals surface area contributed by atoms with Crippen molar-refractivity contribution in [3.63, 3.8) is 0 Å². The molecule has 1 rings (SSSR count). The lowest BCUT2D eigenvalue weighted by molar-refractivity contribution is -0.133. The molecular formula is C15H30N2O. The van der Waals surface area contributed by atoms with Gasteiger partial charge in [-0.3, -0.25) is 4.79 Å². The van der Waals surface area contributed by atoms with Crippen LogP contribution in [-0.2, 0) is 4.79 Å². The summed E-state index contributed by atoms with van der Waals surface area (Å²) in [5, 5.41) is 6.60. The van der Waals surface area contributed by atoms with E-state index < -0.39 is 0 Å². The highest BCUT2D eigenvalue weighted by molar-refractivity contribution is 5.83. The van der Waals surface area contributed by atoms with Gasteiger partial charge in [-0.2, -0.15) is 0 Å². The van der Waals surface area contributed by atoms with Crippen molar-refractivity contribution < 1.29 is 4.79 Å². The summed E-state index contributed by atoms with van der Waals surface area (Å²) in [6, 6.07) is 0.290. The molecule has 0 aromatic rings. The van der Waals surface area contributed by atoms with Crippen LogP contribution in [0.15, 0.2) is 0 Å². The molecule has 106 valence electrons. The molecule has 1 aliphatic heterocycles. The highest BCUT2D eigenvalue weighted by atomic mass is 16.2. The van der Waals surface area contributed by atoms with Crippen molar-refractivity contribution in [3.05, 3.63) is 0 Å². The third kappa shape index (κ3) is 3.98. The van der Waals surface area contributed by atoms with E-state index in [1.807, 2.05) is 0 Å². The maximum absolute atomic E-state index is 12.5. The summed E-state index contributed by atoms with van der Waals surface area (Å²) < 4.78 is 0. The van der Waals surface area contributed by atoms with E-state index in [0.29, 0.717) is 5.92 Å². The molecule has 3 atom stereocenters. The Bertz CT molecular complexity index is 259. The van der Waals surface area contributed by atoms with Crippen LogP contribution in [-0.4, -0.2) is 25.0 Å². The third-order valence-electron chi connectivity index (χ3n) is 4.46. The quantitative estimate of drug-likeness (QED) is 0.765. The Morgan fingerprint density at radius 3 is 2.61 bits per heavy atom. The van der Waals surface area contributed by atoms with Crippen LogP contribution in [0.25, 0.3) is 0 Å². The molecule has 3 heteroatoms. The van der Waals surface area contributed by atoms with Gasteiger partial charge in [0.2, 0.25) is 5.91 Å². The van der Waals surface area contributed by atoms with Crippen molar-refractivity contribution >= 4 is 5.91 Å². The Morgan fingerprint density at radius 2 is 2.11 bits per heavy atom. The van der Waals surface area contributed by atoms with Crippen molar-refractivity contribution in [1.82, 2.24) is 10.6 Å². The van der Waals surface area contributed by atoms with Gasteiger partial charge in [0.1, 0.15) is 0 Å². The zero-order valence-corrected chi connectivity index (χ0v) is 12.5. The fourth-order valence-corrected chi connectivity index (χ4v) is 2.83. The van der Waals surface area contributed by atoms with E-state index in [4.69, 9.17) is 0 Å². The summed E-state index contributed by atoms with van der Waals surface area (Å²) in [5.74, 6) is 0.940. The summed E-state index contributed by atoms with van der Waals surface area (Å²) in [7, 11) is 0. The second-order valence-electron chi connectivity index (χ2n) is 6.04. The Labute approximate surface area is 112 Å². The van der Waals surface area contributed by atoms with Gasteiger partial charge in [-0.05, 0) is 45.1 Å². The topological polar surface area (TPSA) is 41.1 Å². The molecule has 3 unspecified atom stereocenters. The van der Waals surface area contributed by atoms with Gasteiger partial charge in [-0.25, -0.2) is 0 Å². The van der Waals surface area contributed by atoms with Crippen molar-refractivity contribution in [2.75, 3.05) is 13.1 Å². The number of carbonyl (C=O) groups is 1. The number of piperidine rings is 1. The van der Waals surface area contributed by atoms with Crippen LogP contribution < -0.4 is 10.6 Å². The second-order valence-corrected chi connectivity index (χ2v) is 6.04. The van der Waals surface area contributed by atoms with E-state index in [1.54, 1.807) is 0 Å². The first kappa shape index (κ1) is 15.5. The molecule has 0 aromatic carbocycles. The molecule has 18 heavy (non-hydrogen) atoms. The lowest BCUT2D eigenvalue weighted by Gasteiger charge is -2.36. The second kappa shape index (κ2) is 7.13. The van der Waals surface area contributed by atoms with E-state index in [0.717, 1.165) is 38.8 Å². The normalized spacial score (nSPS) is 27.6. The molecule has 0 aliphatic carbocycles. The number of amides is 1. The summed E-state index contributed by atoms with van der Waals surface area (Å²) in [4.78, 5) is 12.5. The number of rotatable bonds is 6. The molecular weight excluding hydrogens is 224 g/mol. The Morgan fingerprint density at radius 1 is 1.39 bits per heavy atom. The number of nitrogens with one attached hydrogen (secondary N) is 2. The van der Waals surface area contributed by atoms with Gasteiger partial charge in [0, 0.05) is 12.6 Å². The molecule has 1 amide bonds. The molecule has 1 heterocycles. The minimum atomic E-state index is -0.165. The standard InChI is InChI=1S/C15H30N2O/c1-5-12(3)10-13(4)17-14(18)15(6-2)8-7-9-16-11-15/h12-13,16H,5-11H2,1-4H3,(H,17,18). The van der Waals surface area contributed by atoms with Gasteiger partial charge in [0.15, 0.2) is 0 Å². The van der Waals surface area contributed by atoms with Crippen molar-refractivity contribution in [2.45, 2.75) is 65.8 Å². The Balaban J connectivity index is 2.51. The largest absolute Gasteiger partial charge is 0.353 e. The van der Waals surface area contributed by atoms with Crippen LogP contribution in [0, 0.1) is 11.3 Å². The van der Waals surface area contributed by atoms with Crippen LogP contribution >= 0.6 is 0 Å². The third-order valence-corrected chi connectivity index (χ3v) is 4.46. The summed E-state index contributed by atoms with van der Waals surface area (Å²) in [6.07, 6.45) is 5.33. The predicted octanol–water partition coefficient (Wildman–Crippen LogP) is 2.71. The zero-order valence-electron chi connectivity index (χ0n) is 12.5. The minimum Gasteiger partial charge on any atom is -0.353 e. The maximum Gasteiger partial charge on any atom is 0.227 e. The fraction of sp³-hybridized carbons (Fsp3) is 0.933. The van der Waals surface area contributed by atoms with E-state index in [2.05, 4.69) is 38.3 Å². The summed E-state index contributed by atoms with van der Waals surface area (Å²) in [6.45, 7) is 10.6. The van der Waals surface area contributed by atoms with E-state index in [9.17, 15) is 4.79 Å². The molecule has 3 nitrogen and oxygen atoms in total. The molecule has 0 spiro atoms. The van der Waals surface area contributed by atoms with Gasteiger partial charge in [-0.1, -0.05) is 27.2 Å². The van der Waals surface area contributed by atoms with Gasteiger partial charge >= 0.3 is 0 Å². The van der Waals surface area contributed by atoms with Gasteiger partial charge < -0.3 is 10.6 Å². The average molecular weight is 254 g/mol. The van der Waals surface area contributed by atoms with Crippen LogP contribution in [0.3, 0.4) is 0 Å². The van der Waals surface area contributed by atoms with Crippen LogP contribution in [0.1, 0.15) is 59.8 Å². The molecule has 0 saturated carbocycles. The first-order chi connectivity index (χ1) is 8.54. The zero-order chi connectivity index (χ0) is 13.6. The molecule has 1 saturated heterocycles. The van der Waals surface area contributed by atoms with E-state index in [-0.39, 0.29) is 17.4 Å². The maximum atomic E-state index is 12.5. The molecule has 1 fully saturated rings. The number of hydrogen-bond donors (Lipinski definition) is 2. The number of hydrogen-bond acceptors (Lipinski definition) is 2. The summed E-state index contributed by atoms with van der Waals surface area (Å²) >= 11 is 0. The smallest absolute Gasteiger partial charge is 0.227 e. The van der Waals surface area contributed by atoms with Crippen LogP contribution in [0.5, 0.6) is 0 Å². The van der Waals surface area contributed by atoms with Crippen LogP contribution in [0.4, 0.5) is 0 Å². The van der Waals surface area contributed by atoms with Crippen molar-refractivity contribution in [1.29, 1.82) is 0 Å². The first-order valence-electron chi connectivity index (χ1n) is 7.55. The Kier molecular flexibility index (Phi) is 6.13. The van der Waals surface area contributed by atoms with Crippen LogP contribution in [0.2, 0.25) is 0 Å². The highest BCUT2D eigenvalue weighted by Crippen LogP contribution is 2.30. The van der Waals surface area contributed by atoms with E-state index in [1.165, 1.54) is 6.42 Å². The SMILES string of the molecule is CCC(C)CC(C)NC(=O)C1(CC)CCCNC1. The monoisotopic (exact) mass is 254 g/mol. The molecule has 1 aliphatic rings. The van der Waals surface area contributed by atoms with Gasteiger partial charge in [-0.15, -0.1) is 0 Å². The molecule has 0 radical (unpaired) electrons. The predicted molar refractivity (Wildman–Crippen MR) is 76.5 cm³/mol. The number of carbonyl (C=O) groups excluding carboxylic acids is 1. The van der Waals surface area contributed by atoms with Gasteiger partial charge in [0.25, 0.3) is 0 Å². The lowest BCUT2D eigenvalue weighted by atomic mass is 9.77. The molecule has 0 aromatic heterocycles. The molecule has 0 bridgehead atoms. The van der Waals surface area contributed by atoms with Crippen molar-refractivity contribution in [3.8, 4) is 0 Å². The fourth-order valence-electron chi connectivity index (χ4n) is 2.83. The van der Waals surface area contributed by atoms with Crippen molar-refractivity contribution in [2.24, 2.45) is 11.3 Å².